The molecule has 0 aliphatic heterocycles. The SMILES string of the molecule is CCc1[nH]c(=O)c(S(C)(=O)=O)cc1Cn1cnc(C(F)(F)F)c(Oc2cc(Cl)cc(C#N)c2)c1=O. The van der Waals surface area contributed by atoms with Crippen LogP contribution in [0.15, 0.2) is 45.1 Å². The minimum absolute atomic E-state index is 0.00837. The molecule has 0 amide bonds. The molecule has 0 aliphatic carbocycles. The Morgan fingerprint density at radius 3 is 2.49 bits per heavy atom. The first-order chi connectivity index (χ1) is 16.2. The summed E-state index contributed by atoms with van der Waals surface area (Å²) < 4.78 is 70.6. The van der Waals surface area contributed by atoms with Crippen molar-refractivity contribution in [2.45, 2.75) is 31.0 Å². The smallest absolute Gasteiger partial charge is 0.437 e. The Hall–Kier alpha value is -3.63. The van der Waals surface area contributed by atoms with E-state index in [1.54, 1.807) is 13.0 Å². The Balaban J connectivity index is 2.18. The lowest BCUT2D eigenvalue weighted by atomic mass is 10.1. The summed E-state index contributed by atoms with van der Waals surface area (Å²) in [7, 11) is -3.93. The number of pyridine rings is 1. The molecule has 0 radical (unpaired) electrons. The number of nitriles is 1. The Morgan fingerprint density at radius 2 is 1.91 bits per heavy atom. The molecule has 1 aromatic carbocycles. The van der Waals surface area contributed by atoms with Gasteiger partial charge in [0.1, 0.15) is 10.6 Å². The van der Waals surface area contributed by atoms with Crippen LogP contribution in [0, 0.1) is 11.3 Å². The number of hydrogen-bond acceptors (Lipinski definition) is 7. The van der Waals surface area contributed by atoms with E-state index in [1.165, 1.54) is 6.07 Å². The fourth-order valence-corrected chi connectivity index (χ4v) is 4.16. The lowest BCUT2D eigenvalue weighted by Gasteiger charge is -2.16. The molecule has 184 valence electrons. The van der Waals surface area contributed by atoms with E-state index in [4.69, 9.17) is 21.6 Å². The minimum atomic E-state index is -5.06. The monoisotopic (exact) mass is 528 g/mol. The van der Waals surface area contributed by atoms with E-state index in [0.717, 1.165) is 29.0 Å². The second-order valence-electron chi connectivity index (χ2n) is 7.33. The van der Waals surface area contributed by atoms with E-state index >= 15 is 0 Å². The molecule has 2 aromatic heterocycles. The Bertz CT molecular complexity index is 1570. The van der Waals surface area contributed by atoms with Gasteiger partial charge in [-0.25, -0.2) is 13.4 Å². The number of aromatic nitrogens is 3. The molecule has 9 nitrogen and oxygen atoms in total. The second kappa shape index (κ2) is 9.55. The number of H-pyrrole nitrogens is 1. The van der Waals surface area contributed by atoms with Crippen molar-refractivity contribution in [1.82, 2.24) is 14.5 Å². The number of aromatic amines is 1. The summed E-state index contributed by atoms with van der Waals surface area (Å²) >= 11 is 5.87. The molecule has 2 heterocycles. The maximum Gasteiger partial charge on any atom is 0.437 e. The molecule has 0 saturated heterocycles. The van der Waals surface area contributed by atoms with Crippen LogP contribution in [0.25, 0.3) is 0 Å². The number of rotatable bonds is 6. The number of halogens is 4. The zero-order chi connectivity index (χ0) is 26.1. The third-order valence-corrected chi connectivity index (χ3v) is 6.08. The van der Waals surface area contributed by atoms with Crippen LogP contribution < -0.4 is 15.9 Å². The summed E-state index contributed by atoms with van der Waals surface area (Å²) in [6.07, 6.45) is -3.35. The van der Waals surface area contributed by atoms with Gasteiger partial charge in [-0.15, -0.1) is 0 Å². The van der Waals surface area contributed by atoms with Gasteiger partial charge in [-0.3, -0.25) is 14.2 Å². The van der Waals surface area contributed by atoms with Gasteiger partial charge in [0.15, 0.2) is 15.5 Å². The van der Waals surface area contributed by atoms with Crippen LogP contribution in [0.1, 0.15) is 29.4 Å². The minimum Gasteiger partial charge on any atom is -0.449 e. The number of nitrogens with one attached hydrogen (secondary N) is 1. The van der Waals surface area contributed by atoms with Crippen LogP contribution in [0.4, 0.5) is 13.2 Å². The Morgan fingerprint density at radius 1 is 1.23 bits per heavy atom. The van der Waals surface area contributed by atoms with Crippen LogP contribution in [0.2, 0.25) is 5.02 Å². The Labute approximate surface area is 201 Å². The predicted octanol–water partition coefficient (Wildman–Crippen LogP) is 3.28. The molecule has 1 N–H and O–H groups in total. The van der Waals surface area contributed by atoms with Gasteiger partial charge in [0.05, 0.1) is 24.5 Å². The third-order valence-electron chi connectivity index (χ3n) is 4.76. The van der Waals surface area contributed by atoms with E-state index in [0.29, 0.717) is 6.33 Å². The van der Waals surface area contributed by atoms with Crippen LogP contribution >= 0.6 is 11.6 Å². The highest BCUT2D eigenvalue weighted by Crippen LogP contribution is 2.35. The molecule has 0 saturated carbocycles. The average molecular weight is 529 g/mol. The van der Waals surface area contributed by atoms with E-state index in [2.05, 4.69) is 9.97 Å². The quantitative estimate of drug-likeness (QED) is 0.518. The van der Waals surface area contributed by atoms with E-state index in [1.807, 2.05) is 0 Å². The van der Waals surface area contributed by atoms with E-state index in [9.17, 15) is 31.2 Å². The van der Waals surface area contributed by atoms with Gasteiger partial charge in [0.2, 0.25) is 5.75 Å². The number of sulfone groups is 1. The predicted molar refractivity (Wildman–Crippen MR) is 118 cm³/mol. The molecule has 35 heavy (non-hydrogen) atoms. The highest BCUT2D eigenvalue weighted by Gasteiger charge is 2.39. The molecule has 0 unspecified atom stereocenters. The van der Waals surface area contributed by atoms with Crippen molar-refractivity contribution in [2.24, 2.45) is 0 Å². The molecule has 3 rings (SSSR count). The highest BCUT2D eigenvalue weighted by molar-refractivity contribution is 7.90. The van der Waals surface area contributed by atoms with E-state index < -0.39 is 50.0 Å². The molecular formula is C21H16ClF3N4O5S. The molecule has 3 aromatic rings. The molecule has 0 atom stereocenters. The van der Waals surface area contributed by atoms with Gasteiger partial charge in [-0.1, -0.05) is 18.5 Å². The van der Waals surface area contributed by atoms with Crippen molar-refractivity contribution in [3.05, 3.63) is 78.8 Å². The van der Waals surface area contributed by atoms with Crippen molar-refractivity contribution in [2.75, 3.05) is 6.26 Å². The van der Waals surface area contributed by atoms with Gasteiger partial charge in [-0.2, -0.15) is 18.4 Å². The molecular weight excluding hydrogens is 513 g/mol. The summed E-state index contributed by atoms with van der Waals surface area (Å²) in [5.74, 6) is -1.47. The van der Waals surface area contributed by atoms with E-state index in [-0.39, 0.29) is 34.0 Å². The third kappa shape index (κ3) is 5.72. The number of alkyl halides is 3. The van der Waals surface area contributed by atoms with Gasteiger partial charge in [-0.05, 0) is 36.2 Å². The van der Waals surface area contributed by atoms with Crippen molar-refractivity contribution in [3.63, 3.8) is 0 Å². The first-order valence-corrected chi connectivity index (χ1v) is 12.0. The largest absolute Gasteiger partial charge is 0.449 e. The number of ether oxygens (including phenoxy) is 1. The zero-order valence-corrected chi connectivity index (χ0v) is 19.7. The molecule has 0 bridgehead atoms. The van der Waals surface area contributed by atoms with Gasteiger partial charge >= 0.3 is 6.18 Å². The number of aryl methyl sites for hydroxylation is 1. The summed E-state index contributed by atoms with van der Waals surface area (Å²) in [5.41, 5.74) is -3.25. The summed E-state index contributed by atoms with van der Waals surface area (Å²) in [5, 5.41) is 9.05. The summed E-state index contributed by atoms with van der Waals surface area (Å²) in [4.78, 5) is 30.4. The number of nitrogens with zero attached hydrogens (tertiary/aromatic N) is 3. The fourth-order valence-electron chi connectivity index (χ4n) is 3.19. The van der Waals surface area contributed by atoms with Crippen molar-refractivity contribution >= 4 is 21.4 Å². The lowest BCUT2D eigenvalue weighted by molar-refractivity contribution is -0.142. The van der Waals surface area contributed by atoms with Gasteiger partial charge in [0.25, 0.3) is 11.1 Å². The van der Waals surface area contributed by atoms with Crippen molar-refractivity contribution in [1.29, 1.82) is 5.26 Å². The summed E-state index contributed by atoms with van der Waals surface area (Å²) in [6, 6.07) is 6.30. The van der Waals surface area contributed by atoms with Gasteiger partial charge in [0, 0.05) is 17.0 Å². The van der Waals surface area contributed by atoms with Crippen LogP contribution in [-0.4, -0.2) is 29.2 Å². The van der Waals surface area contributed by atoms with Crippen molar-refractivity contribution < 1.29 is 26.3 Å². The zero-order valence-electron chi connectivity index (χ0n) is 18.1. The second-order valence-corrected chi connectivity index (χ2v) is 9.76. The Kier molecular flexibility index (Phi) is 7.09. The first kappa shape index (κ1) is 26.0. The maximum atomic E-state index is 13.6. The molecule has 0 fully saturated rings. The average Bonchev–Trinajstić information content (AvgIpc) is 2.75. The topological polar surface area (TPSA) is 135 Å². The maximum absolute atomic E-state index is 13.6. The first-order valence-electron chi connectivity index (χ1n) is 9.75. The van der Waals surface area contributed by atoms with Crippen molar-refractivity contribution in [3.8, 4) is 17.6 Å². The normalized spacial score (nSPS) is 11.8. The summed E-state index contributed by atoms with van der Waals surface area (Å²) in [6.45, 7) is 1.24. The van der Waals surface area contributed by atoms with Crippen LogP contribution in [0.5, 0.6) is 11.5 Å². The number of hydrogen-bond donors (Lipinski definition) is 1. The lowest BCUT2D eigenvalue weighted by Crippen LogP contribution is -2.28. The van der Waals surface area contributed by atoms with Crippen LogP contribution in [0.3, 0.4) is 0 Å². The molecule has 14 heteroatoms. The fraction of sp³-hybridized carbons (Fsp3) is 0.238. The molecule has 0 spiro atoms. The number of benzene rings is 1. The highest BCUT2D eigenvalue weighted by atomic mass is 35.5. The molecule has 0 aliphatic rings. The standard InChI is InChI=1S/C21H16ClF3N4O5S/c1-3-15-12(6-16(19(30)28-15)35(2,32)33)9-29-10-27-18(21(23,24)25)17(20(29)31)34-14-5-11(8-26)4-13(22)7-14/h4-7,10H,3,9H2,1-2H3,(H,28,30). The van der Waals surface area contributed by atoms with Gasteiger partial charge < -0.3 is 9.72 Å². The van der Waals surface area contributed by atoms with Crippen LogP contribution in [-0.2, 0) is 29.0 Å².